The molecular formula is C16H26N2OS. The van der Waals surface area contributed by atoms with E-state index in [2.05, 4.69) is 24.6 Å². The lowest BCUT2D eigenvalue weighted by Gasteiger charge is -2.29. The second kappa shape index (κ2) is 7.67. The van der Waals surface area contributed by atoms with Gasteiger partial charge in [0.05, 0.1) is 18.0 Å². The van der Waals surface area contributed by atoms with E-state index in [0.717, 1.165) is 28.8 Å². The molecule has 1 aromatic carbocycles. The van der Waals surface area contributed by atoms with Gasteiger partial charge >= 0.3 is 0 Å². The summed E-state index contributed by atoms with van der Waals surface area (Å²) in [6.45, 7) is 2.81. The highest BCUT2D eigenvalue weighted by molar-refractivity contribution is 7.99. The SMILES string of the molecule is CCCOc1cccc(NC2CCC(SC)CC2)c1N. The van der Waals surface area contributed by atoms with E-state index in [4.69, 9.17) is 10.5 Å². The van der Waals surface area contributed by atoms with Crippen LogP contribution in [0.3, 0.4) is 0 Å². The van der Waals surface area contributed by atoms with Crippen LogP contribution in [0.25, 0.3) is 0 Å². The second-order valence-corrected chi connectivity index (χ2v) is 6.56. The molecule has 0 radical (unpaired) electrons. The Morgan fingerprint density at radius 3 is 2.70 bits per heavy atom. The number of nitrogens with one attached hydrogen (secondary N) is 1. The highest BCUT2D eigenvalue weighted by Crippen LogP contribution is 2.33. The van der Waals surface area contributed by atoms with Crippen LogP contribution in [-0.4, -0.2) is 24.2 Å². The number of para-hydroxylation sites is 1. The van der Waals surface area contributed by atoms with Crippen LogP contribution in [0.1, 0.15) is 39.0 Å². The molecule has 1 aromatic rings. The van der Waals surface area contributed by atoms with E-state index >= 15 is 0 Å². The zero-order valence-corrected chi connectivity index (χ0v) is 13.3. The van der Waals surface area contributed by atoms with Crippen molar-refractivity contribution < 1.29 is 4.74 Å². The minimum Gasteiger partial charge on any atom is -0.491 e. The summed E-state index contributed by atoms with van der Waals surface area (Å²) in [6.07, 6.45) is 8.26. The topological polar surface area (TPSA) is 47.3 Å². The summed E-state index contributed by atoms with van der Waals surface area (Å²) >= 11 is 2.00. The lowest BCUT2D eigenvalue weighted by atomic mass is 9.94. The van der Waals surface area contributed by atoms with Crippen molar-refractivity contribution in [3.05, 3.63) is 18.2 Å². The van der Waals surface area contributed by atoms with Crippen LogP contribution in [0.4, 0.5) is 11.4 Å². The summed E-state index contributed by atoms with van der Waals surface area (Å²) in [5.74, 6) is 0.801. The third kappa shape index (κ3) is 3.98. The normalized spacial score (nSPS) is 22.5. The van der Waals surface area contributed by atoms with Gasteiger partial charge in [0.2, 0.25) is 0 Å². The molecule has 0 bridgehead atoms. The van der Waals surface area contributed by atoms with Crippen molar-refractivity contribution in [1.29, 1.82) is 0 Å². The van der Waals surface area contributed by atoms with Crippen molar-refractivity contribution in [1.82, 2.24) is 0 Å². The van der Waals surface area contributed by atoms with Crippen molar-refractivity contribution in [2.75, 3.05) is 23.9 Å². The number of nitrogens with two attached hydrogens (primary N) is 1. The van der Waals surface area contributed by atoms with Crippen molar-refractivity contribution >= 4 is 23.1 Å². The summed E-state index contributed by atoms with van der Waals surface area (Å²) in [5, 5.41) is 4.43. The molecule has 0 saturated heterocycles. The van der Waals surface area contributed by atoms with E-state index in [1.807, 2.05) is 23.9 Å². The Hall–Kier alpha value is -1.03. The fourth-order valence-corrected chi connectivity index (χ4v) is 3.41. The van der Waals surface area contributed by atoms with Gasteiger partial charge in [-0.1, -0.05) is 13.0 Å². The molecule has 1 aliphatic carbocycles. The van der Waals surface area contributed by atoms with Crippen LogP contribution >= 0.6 is 11.8 Å². The first kappa shape index (κ1) is 15.4. The molecule has 3 nitrogen and oxygen atoms in total. The minimum atomic E-state index is 0.544. The van der Waals surface area contributed by atoms with Crippen LogP contribution in [0, 0.1) is 0 Å². The van der Waals surface area contributed by atoms with Gasteiger partial charge < -0.3 is 15.8 Å². The molecule has 0 amide bonds. The lowest BCUT2D eigenvalue weighted by molar-refractivity contribution is 0.319. The number of anilines is 2. The molecule has 0 unspecified atom stereocenters. The molecule has 3 N–H and O–H groups in total. The van der Waals surface area contributed by atoms with Crippen LogP contribution in [0.2, 0.25) is 0 Å². The molecule has 1 saturated carbocycles. The number of rotatable bonds is 6. The molecule has 20 heavy (non-hydrogen) atoms. The van der Waals surface area contributed by atoms with Crippen molar-refractivity contribution in [3.8, 4) is 5.75 Å². The summed E-state index contributed by atoms with van der Waals surface area (Å²) in [4.78, 5) is 0. The molecule has 4 heteroatoms. The van der Waals surface area contributed by atoms with Gasteiger partial charge in [0.25, 0.3) is 0 Å². The van der Waals surface area contributed by atoms with Crippen LogP contribution in [0.15, 0.2) is 18.2 Å². The van der Waals surface area contributed by atoms with Crippen LogP contribution < -0.4 is 15.8 Å². The quantitative estimate of drug-likeness (QED) is 0.774. The standard InChI is InChI=1S/C16H26N2OS/c1-3-11-19-15-6-4-5-14(16(15)17)18-12-7-9-13(20-2)10-8-12/h4-6,12-13,18H,3,7-11,17H2,1-2H3. The highest BCUT2D eigenvalue weighted by Gasteiger charge is 2.21. The number of thioether (sulfide) groups is 1. The van der Waals surface area contributed by atoms with Gasteiger partial charge in [-0.15, -0.1) is 0 Å². The average molecular weight is 294 g/mol. The maximum atomic E-state index is 6.20. The van der Waals surface area contributed by atoms with Crippen LogP contribution in [0.5, 0.6) is 5.75 Å². The van der Waals surface area contributed by atoms with Crippen molar-refractivity contribution in [2.45, 2.75) is 50.3 Å². The zero-order valence-electron chi connectivity index (χ0n) is 12.5. The Balaban J connectivity index is 1.95. The Morgan fingerprint density at radius 2 is 2.05 bits per heavy atom. The molecule has 2 rings (SSSR count). The number of benzene rings is 1. The number of hydrogen-bond donors (Lipinski definition) is 2. The van der Waals surface area contributed by atoms with E-state index in [1.165, 1.54) is 25.7 Å². The molecule has 0 atom stereocenters. The predicted molar refractivity (Wildman–Crippen MR) is 89.8 cm³/mol. The van der Waals surface area contributed by atoms with Crippen LogP contribution in [-0.2, 0) is 0 Å². The Labute approximate surface area is 126 Å². The van der Waals surface area contributed by atoms with Gasteiger partial charge in [-0.2, -0.15) is 11.8 Å². The predicted octanol–water partition coefficient (Wildman–Crippen LogP) is 4.14. The molecule has 0 aromatic heterocycles. The Bertz CT molecular complexity index is 417. The second-order valence-electron chi connectivity index (χ2n) is 5.42. The number of ether oxygens (including phenoxy) is 1. The molecule has 1 aliphatic rings. The van der Waals surface area contributed by atoms with Gasteiger partial charge in [-0.25, -0.2) is 0 Å². The third-order valence-corrected chi connectivity index (χ3v) is 5.03. The first-order valence-corrected chi connectivity index (χ1v) is 8.84. The molecule has 0 heterocycles. The molecule has 0 spiro atoms. The van der Waals surface area contributed by atoms with E-state index in [1.54, 1.807) is 0 Å². The molecule has 0 aliphatic heterocycles. The van der Waals surface area contributed by atoms with E-state index in [9.17, 15) is 0 Å². The highest BCUT2D eigenvalue weighted by atomic mass is 32.2. The summed E-state index contributed by atoms with van der Waals surface area (Å²) in [6, 6.07) is 6.55. The Morgan fingerprint density at radius 1 is 1.30 bits per heavy atom. The van der Waals surface area contributed by atoms with Gasteiger partial charge in [0, 0.05) is 11.3 Å². The molecular weight excluding hydrogens is 268 g/mol. The first-order valence-electron chi connectivity index (χ1n) is 7.55. The van der Waals surface area contributed by atoms with Gasteiger partial charge in [-0.05, 0) is 50.5 Å². The molecule has 112 valence electrons. The fraction of sp³-hybridized carbons (Fsp3) is 0.625. The fourth-order valence-electron chi connectivity index (χ4n) is 2.67. The smallest absolute Gasteiger partial charge is 0.144 e. The minimum absolute atomic E-state index is 0.544. The number of nitrogen functional groups attached to an aromatic ring is 1. The first-order chi connectivity index (χ1) is 9.74. The van der Waals surface area contributed by atoms with Gasteiger partial charge in [0.15, 0.2) is 0 Å². The third-order valence-electron chi connectivity index (χ3n) is 3.89. The van der Waals surface area contributed by atoms with Crippen molar-refractivity contribution in [3.63, 3.8) is 0 Å². The van der Waals surface area contributed by atoms with Gasteiger partial charge in [-0.3, -0.25) is 0 Å². The summed E-state index contributed by atoms with van der Waals surface area (Å²) in [7, 11) is 0. The van der Waals surface area contributed by atoms with E-state index in [-0.39, 0.29) is 0 Å². The Kier molecular flexibility index (Phi) is 5.89. The maximum Gasteiger partial charge on any atom is 0.144 e. The molecule has 1 fully saturated rings. The van der Waals surface area contributed by atoms with Gasteiger partial charge in [0.1, 0.15) is 5.75 Å². The number of hydrogen-bond acceptors (Lipinski definition) is 4. The van der Waals surface area contributed by atoms with E-state index in [0.29, 0.717) is 12.6 Å². The zero-order chi connectivity index (χ0) is 14.4. The summed E-state index contributed by atoms with van der Waals surface area (Å²) < 4.78 is 5.68. The largest absolute Gasteiger partial charge is 0.491 e. The monoisotopic (exact) mass is 294 g/mol. The van der Waals surface area contributed by atoms with Crippen molar-refractivity contribution in [2.24, 2.45) is 0 Å². The summed E-state index contributed by atoms with van der Waals surface area (Å²) in [5.41, 5.74) is 7.97. The maximum absolute atomic E-state index is 6.20. The average Bonchev–Trinajstić information content (AvgIpc) is 2.49. The lowest BCUT2D eigenvalue weighted by Crippen LogP contribution is -2.27. The van der Waals surface area contributed by atoms with E-state index < -0.39 is 0 Å².